The molecule has 2 aliphatic rings. The fraction of sp³-hybridized carbons (Fsp3) is 0.619. The minimum atomic E-state index is -3.46. The first kappa shape index (κ1) is 24.4. The maximum absolute atomic E-state index is 14.0. The Morgan fingerprint density at radius 3 is 2.69 bits per heavy atom. The molecule has 3 rings (SSSR count). The van der Waals surface area contributed by atoms with Crippen LogP contribution in [0.1, 0.15) is 51.0 Å². The van der Waals surface area contributed by atoms with Gasteiger partial charge in [-0.25, -0.2) is 22.3 Å². The Balaban J connectivity index is 1.41. The molecule has 2 fully saturated rings. The minimum Gasteiger partial charge on any atom is -0.488 e. The molecule has 32 heavy (non-hydrogen) atoms. The lowest BCUT2D eigenvalue weighted by atomic mass is 10.1. The maximum atomic E-state index is 14.0. The average Bonchev–Trinajstić information content (AvgIpc) is 3.35. The lowest BCUT2D eigenvalue weighted by molar-refractivity contribution is -0.118. The fourth-order valence-electron chi connectivity index (χ4n) is 3.53. The number of hydrogen-bond acceptors (Lipinski definition) is 6. The van der Waals surface area contributed by atoms with Crippen molar-refractivity contribution in [3.8, 4) is 5.75 Å². The van der Waals surface area contributed by atoms with Crippen LogP contribution in [0.2, 0.25) is 0 Å². The summed E-state index contributed by atoms with van der Waals surface area (Å²) in [6.45, 7) is 3.52. The number of amides is 3. The third kappa shape index (κ3) is 7.14. The van der Waals surface area contributed by atoms with E-state index in [0.717, 1.165) is 5.56 Å². The van der Waals surface area contributed by atoms with Crippen LogP contribution < -0.4 is 14.8 Å². The third-order valence-corrected chi connectivity index (χ3v) is 6.78. The van der Waals surface area contributed by atoms with Gasteiger partial charge in [0.2, 0.25) is 15.9 Å². The van der Waals surface area contributed by atoms with E-state index in [-0.39, 0.29) is 42.5 Å². The first-order chi connectivity index (χ1) is 14.9. The van der Waals surface area contributed by atoms with Gasteiger partial charge in [0.05, 0.1) is 11.4 Å². The maximum Gasteiger partial charge on any atom is 0.324 e. The van der Waals surface area contributed by atoms with Gasteiger partial charge in [0.1, 0.15) is 13.2 Å². The number of hydrogen-bond donors (Lipinski definition) is 3. The van der Waals surface area contributed by atoms with Crippen LogP contribution in [-0.4, -0.2) is 67.5 Å². The lowest BCUT2D eigenvalue weighted by Crippen LogP contribution is -2.30. The van der Waals surface area contributed by atoms with E-state index in [4.69, 9.17) is 4.74 Å². The van der Waals surface area contributed by atoms with E-state index in [9.17, 15) is 27.5 Å². The van der Waals surface area contributed by atoms with E-state index >= 15 is 0 Å². The molecule has 0 bridgehead atoms. The fourth-order valence-corrected chi connectivity index (χ4v) is 4.96. The van der Waals surface area contributed by atoms with Crippen molar-refractivity contribution in [2.45, 2.75) is 57.1 Å². The van der Waals surface area contributed by atoms with Gasteiger partial charge in [-0.15, -0.1) is 0 Å². The Morgan fingerprint density at radius 2 is 2.03 bits per heavy atom. The van der Waals surface area contributed by atoms with Crippen molar-refractivity contribution in [1.82, 2.24) is 14.9 Å². The molecule has 1 saturated carbocycles. The van der Waals surface area contributed by atoms with Crippen LogP contribution in [0.4, 0.5) is 9.18 Å². The van der Waals surface area contributed by atoms with Crippen molar-refractivity contribution in [1.29, 1.82) is 0 Å². The Labute approximate surface area is 187 Å². The Kier molecular flexibility index (Phi) is 7.41. The van der Waals surface area contributed by atoms with Crippen LogP contribution in [0.25, 0.3) is 0 Å². The molecular weight excluding hydrogens is 441 g/mol. The number of halogens is 1. The molecule has 1 aliphatic carbocycles. The van der Waals surface area contributed by atoms with Crippen LogP contribution in [0.15, 0.2) is 18.2 Å². The zero-order valence-electron chi connectivity index (χ0n) is 18.3. The summed E-state index contributed by atoms with van der Waals surface area (Å²) < 4.78 is 46.8. The van der Waals surface area contributed by atoms with Crippen molar-refractivity contribution in [3.63, 3.8) is 0 Å². The first-order valence-corrected chi connectivity index (χ1v) is 12.3. The number of aliphatic hydroxyl groups is 1. The van der Waals surface area contributed by atoms with Crippen molar-refractivity contribution in [2.24, 2.45) is 0 Å². The molecule has 1 aliphatic heterocycles. The van der Waals surface area contributed by atoms with Gasteiger partial charge in [0.25, 0.3) is 0 Å². The second-order valence-electron chi connectivity index (χ2n) is 9.01. The molecule has 9 nitrogen and oxygen atoms in total. The highest BCUT2D eigenvalue weighted by atomic mass is 32.2. The molecule has 2 unspecified atom stereocenters. The number of nitrogens with zero attached hydrogens (tertiary/aromatic N) is 1. The van der Waals surface area contributed by atoms with Crippen molar-refractivity contribution >= 4 is 22.0 Å². The molecule has 1 aromatic carbocycles. The molecule has 1 aromatic rings. The predicted octanol–water partition coefficient (Wildman–Crippen LogP) is 1.47. The van der Waals surface area contributed by atoms with E-state index in [2.05, 4.69) is 10.0 Å². The van der Waals surface area contributed by atoms with Crippen molar-refractivity contribution < 1.29 is 32.2 Å². The van der Waals surface area contributed by atoms with Gasteiger partial charge in [-0.2, -0.15) is 0 Å². The summed E-state index contributed by atoms with van der Waals surface area (Å²) >= 11 is 0. The van der Waals surface area contributed by atoms with Gasteiger partial charge < -0.3 is 14.7 Å². The largest absolute Gasteiger partial charge is 0.488 e. The summed E-state index contributed by atoms with van der Waals surface area (Å²) in [5.41, 5.74) is -0.318. The molecule has 3 amide bonds. The van der Waals surface area contributed by atoms with Gasteiger partial charge >= 0.3 is 6.03 Å². The standard InChI is InChI=1S/C21H30FN3O6S/c1-21(2,28)13-31-18-10-14(6-7-16(18)22)15-11-17(15)24-32(29,30)9-5-3-4-8-25-12-19(26)23-20(25)27/h6-7,10,15,17,24,28H,3-5,8-9,11-13H2,1-2H3,(H,23,26,27). The first-order valence-electron chi connectivity index (χ1n) is 10.7. The summed E-state index contributed by atoms with van der Waals surface area (Å²) in [5, 5.41) is 12.0. The molecule has 11 heteroatoms. The smallest absolute Gasteiger partial charge is 0.324 e. The number of urea groups is 1. The van der Waals surface area contributed by atoms with E-state index in [1.54, 1.807) is 26.0 Å². The monoisotopic (exact) mass is 471 g/mol. The minimum absolute atomic E-state index is 0.0231. The summed E-state index contributed by atoms with van der Waals surface area (Å²) in [6, 6.07) is 3.81. The van der Waals surface area contributed by atoms with Gasteiger partial charge in [-0.05, 0) is 50.8 Å². The van der Waals surface area contributed by atoms with Gasteiger partial charge in [0.15, 0.2) is 11.6 Å². The molecule has 2 atom stereocenters. The van der Waals surface area contributed by atoms with Crippen molar-refractivity contribution in [3.05, 3.63) is 29.6 Å². The Bertz CT molecular complexity index is 963. The van der Waals surface area contributed by atoms with E-state index in [1.807, 2.05) is 0 Å². The summed E-state index contributed by atoms with van der Waals surface area (Å²) in [5.74, 6) is -0.901. The highest BCUT2D eigenvalue weighted by Gasteiger charge is 2.41. The third-order valence-electron chi connectivity index (χ3n) is 5.29. The lowest BCUT2D eigenvalue weighted by Gasteiger charge is -2.18. The molecular formula is C21H30FN3O6S. The van der Waals surface area contributed by atoms with Gasteiger partial charge in [0, 0.05) is 18.5 Å². The van der Waals surface area contributed by atoms with Crippen LogP contribution >= 0.6 is 0 Å². The van der Waals surface area contributed by atoms with E-state index in [0.29, 0.717) is 32.2 Å². The number of sulfonamides is 1. The van der Waals surface area contributed by atoms with E-state index in [1.165, 1.54) is 11.0 Å². The zero-order chi connectivity index (χ0) is 23.5. The van der Waals surface area contributed by atoms with Gasteiger partial charge in [-0.1, -0.05) is 12.5 Å². The SMILES string of the molecule is CC(C)(O)COc1cc(C2CC2NS(=O)(=O)CCCCCN2CC(=O)NC2=O)ccc1F. The summed E-state index contributed by atoms with van der Waals surface area (Å²) in [4.78, 5) is 24.0. The molecule has 3 N–H and O–H groups in total. The average molecular weight is 472 g/mol. The zero-order valence-corrected chi connectivity index (χ0v) is 19.1. The number of carbonyl (C=O) groups excluding carboxylic acids is 2. The number of benzene rings is 1. The Hall–Kier alpha value is -2.24. The molecule has 178 valence electrons. The van der Waals surface area contributed by atoms with Crippen LogP contribution in [0.5, 0.6) is 5.75 Å². The molecule has 1 heterocycles. The number of unbranched alkanes of at least 4 members (excludes halogenated alkanes) is 2. The number of imide groups is 1. The molecule has 0 spiro atoms. The molecule has 0 radical (unpaired) electrons. The molecule has 1 saturated heterocycles. The number of nitrogens with one attached hydrogen (secondary N) is 2. The quantitative estimate of drug-likeness (QED) is 0.313. The predicted molar refractivity (Wildman–Crippen MR) is 115 cm³/mol. The number of ether oxygens (including phenoxy) is 1. The highest BCUT2D eigenvalue weighted by molar-refractivity contribution is 7.89. The summed E-state index contributed by atoms with van der Waals surface area (Å²) in [7, 11) is -3.46. The van der Waals surface area contributed by atoms with E-state index < -0.39 is 27.5 Å². The summed E-state index contributed by atoms with van der Waals surface area (Å²) in [6.07, 6.45) is 2.30. The highest BCUT2D eigenvalue weighted by Crippen LogP contribution is 2.42. The molecule has 0 aromatic heterocycles. The van der Waals surface area contributed by atoms with Gasteiger partial charge in [-0.3, -0.25) is 10.1 Å². The normalized spacial score (nSPS) is 21.1. The second-order valence-corrected chi connectivity index (χ2v) is 10.9. The topological polar surface area (TPSA) is 125 Å². The number of carbonyl (C=O) groups is 2. The number of rotatable bonds is 12. The van der Waals surface area contributed by atoms with Crippen molar-refractivity contribution in [2.75, 3.05) is 25.4 Å². The van der Waals surface area contributed by atoms with Crippen LogP contribution in [0.3, 0.4) is 0 Å². The van der Waals surface area contributed by atoms with Crippen LogP contribution in [0, 0.1) is 5.82 Å². The Morgan fingerprint density at radius 1 is 1.28 bits per heavy atom. The second kappa shape index (κ2) is 9.72. The van der Waals surface area contributed by atoms with Crippen LogP contribution in [-0.2, 0) is 14.8 Å².